The standard InChI is InChI=1S/C9H14FN3/c1-6(11)9(2,10)7-5-13-4-3-8(7)12/h3-6H,11H2,1-2H3,(H2,12,13). The monoisotopic (exact) mass is 183 g/mol. The van der Waals surface area contributed by atoms with Gasteiger partial charge in [-0.15, -0.1) is 0 Å². The summed E-state index contributed by atoms with van der Waals surface area (Å²) in [5.74, 6) is 0. The molecule has 0 bridgehead atoms. The largest absolute Gasteiger partial charge is 0.398 e. The van der Waals surface area contributed by atoms with Gasteiger partial charge in [-0.05, 0) is 19.9 Å². The van der Waals surface area contributed by atoms with Crippen molar-refractivity contribution in [3.8, 4) is 0 Å². The first-order valence-corrected chi connectivity index (χ1v) is 4.10. The van der Waals surface area contributed by atoms with Crippen molar-refractivity contribution in [3.05, 3.63) is 24.0 Å². The molecule has 2 atom stereocenters. The Hall–Kier alpha value is -1.16. The van der Waals surface area contributed by atoms with E-state index in [4.69, 9.17) is 11.5 Å². The van der Waals surface area contributed by atoms with Crippen LogP contribution in [0, 0.1) is 0 Å². The zero-order valence-corrected chi connectivity index (χ0v) is 7.79. The third kappa shape index (κ3) is 1.78. The number of aromatic nitrogens is 1. The van der Waals surface area contributed by atoms with Crippen LogP contribution in [0.5, 0.6) is 0 Å². The van der Waals surface area contributed by atoms with Crippen LogP contribution in [0.25, 0.3) is 0 Å². The van der Waals surface area contributed by atoms with E-state index in [1.807, 2.05) is 0 Å². The quantitative estimate of drug-likeness (QED) is 0.724. The molecule has 3 nitrogen and oxygen atoms in total. The van der Waals surface area contributed by atoms with Crippen LogP contribution in [0.3, 0.4) is 0 Å². The van der Waals surface area contributed by atoms with Crippen LogP contribution in [0.1, 0.15) is 19.4 Å². The fraction of sp³-hybridized carbons (Fsp3) is 0.444. The molecule has 2 unspecified atom stereocenters. The summed E-state index contributed by atoms with van der Waals surface area (Å²) in [6, 6.07) is 0.953. The van der Waals surface area contributed by atoms with Gasteiger partial charge in [-0.3, -0.25) is 4.98 Å². The van der Waals surface area contributed by atoms with Crippen molar-refractivity contribution in [2.45, 2.75) is 25.6 Å². The van der Waals surface area contributed by atoms with Gasteiger partial charge >= 0.3 is 0 Å². The highest BCUT2D eigenvalue weighted by Gasteiger charge is 2.32. The average Bonchev–Trinajstić information content (AvgIpc) is 2.04. The Labute approximate surface area is 77.0 Å². The number of pyridine rings is 1. The molecule has 1 aromatic heterocycles. The first-order chi connectivity index (χ1) is 5.96. The topological polar surface area (TPSA) is 64.9 Å². The number of nitrogen functional groups attached to an aromatic ring is 1. The Morgan fingerprint density at radius 1 is 1.62 bits per heavy atom. The fourth-order valence-electron chi connectivity index (χ4n) is 1.06. The second kappa shape index (κ2) is 3.30. The first kappa shape index (κ1) is 9.92. The summed E-state index contributed by atoms with van der Waals surface area (Å²) in [6.07, 6.45) is 2.94. The molecule has 4 heteroatoms. The number of alkyl halides is 1. The van der Waals surface area contributed by atoms with Gasteiger partial charge in [0.15, 0.2) is 5.67 Å². The Morgan fingerprint density at radius 3 is 2.69 bits per heavy atom. The van der Waals surface area contributed by atoms with Crippen LogP contribution in [0.2, 0.25) is 0 Å². The van der Waals surface area contributed by atoms with Crippen LogP contribution >= 0.6 is 0 Å². The maximum Gasteiger partial charge on any atom is 0.151 e. The summed E-state index contributed by atoms with van der Waals surface area (Å²) in [5.41, 5.74) is 10.2. The molecule has 0 aliphatic rings. The summed E-state index contributed by atoms with van der Waals surface area (Å²) in [5, 5.41) is 0. The molecule has 1 heterocycles. The van der Waals surface area contributed by atoms with Gasteiger partial charge in [0.2, 0.25) is 0 Å². The molecule has 0 radical (unpaired) electrons. The summed E-state index contributed by atoms with van der Waals surface area (Å²) in [6.45, 7) is 3.01. The molecule has 72 valence electrons. The summed E-state index contributed by atoms with van der Waals surface area (Å²) in [4.78, 5) is 3.82. The lowest BCUT2D eigenvalue weighted by atomic mass is 9.92. The number of nitrogens with zero attached hydrogens (tertiary/aromatic N) is 1. The summed E-state index contributed by atoms with van der Waals surface area (Å²) in [7, 11) is 0. The number of nitrogens with two attached hydrogens (primary N) is 2. The van der Waals surface area contributed by atoms with E-state index in [0.29, 0.717) is 11.3 Å². The van der Waals surface area contributed by atoms with Crippen molar-refractivity contribution in [2.24, 2.45) is 5.73 Å². The minimum Gasteiger partial charge on any atom is -0.398 e. The Bertz CT molecular complexity index is 297. The third-order valence-electron chi connectivity index (χ3n) is 2.24. The van der Waals surface area contributed by atoms with E-state index in [0.717, 1.165) is 0 Å². The normalized spacial score (nSPS) is 17.8. The average molecular weight is 183 g/mol. The van der Waals surface area contributed by atoms with Crippen LogP contribution in [0.15, 0.2) is 18.5 Å². The molecule has 0 aromatic carbocycles. The molecule has 0 fully saturated rings. The van der Waals surface area contributed by atoms with Crippen LogP contribution in [-0.2, 0) is 5.67 Å². The van der Waals surface area contributed by atoms with Crippen molar-refractivity contribution >= 4 is 5.69 Å². The van der Waals surface area contributed by atoms with Gasteiger partial charge in [-0.25, -0.2) is 4.39 Å². The maximum absolute atomic E-state index is 14.0. The highest BCUT2D eigenvalue weighted by Crippen LogP contribution is 2.31. The number of anilines is 1. The second-order valence-corrected chi connectivity index (χ2v) is 3.33. The lowest BCUT2D eigenvalue weighted by molar-refractivity contribution is 0.158. The predicted molar refractivity (Wildman–Crippen MR) is 50.8 cm³/mol. The summed E-state index contributed by atoms with van der Waals surface area (Å²) >= 11 is 0. The molecular formula is C9H14FN3. The Morgan fingerprint density at radius 2 is 2.23 bits per heavy atom. The highest BCUT2D eigenvalue weighted by atomic mass is 19.1. The number of halogens is 1. The zero-order valence-electron chi connectivity index (χ0n) is 7.79. The molecule has 0 aliphatic heterocycles. The van der Waals surface area contributed by atoms with Crippen LogP contribution in [0.4, 0.5) is 10.1 Å². The van der Waals surface area contributed by atoms with E-state index >= 15 is 0 Å². The van der Waals surface area contributed by atoms with Gasteiger partial charge < -0.3 is 11.5 Å². The smallest absolute Gasteiger partial charge is 0.151 e. The van der Waals surface area contributed by atoms with E-state index in [1.165, 1.54) is 19.3 Å². The van der Waals surface area contributed by atoms with E-state index in [1.54, 1.807) is 13.0 Å². The molecule has 0 saturated heterocycles. The lowest BCUT2D eigenvalue weighted by Crippen LogP contribution is -2.37. The second-order valence-electron chi connectivity index (χ2n) is 3.33. The molecule has 13 heavy (non-hydrogen) atoms. The van der Waals surface area contributed by atoms with Crippen molar-refractivity contribution in [3.63, 3.8) is 0 Å². The van der Waals surface area contributed by atoms with Crippen LogP contribution < -0.4 is 11.5 Å². The lowest BCUT2D eigenvalue weighted by Gasteiger charge is -2.25. The Balaban J connectivity index is 3.14. The minimum atomic E-state index is -1.63. The van der Waals surface area contributed by atoms with Gasteiger partial charge in [0.25, 0.3) is 0 Å². The first-order valence-electron chi connectivity index (χ1n) is 4.10. The van der Waals surface area contributed by atoms with Crippen molar-refractivity contribution in [1.82, 2.24) is 4.98 Å². The van der Waals surface area contributed by atoms with Gasteiger partial charge in [0.05, 0.1) is 0 Å². The van der Waals surface area contributed by atoms with E-state index in [9.17, 15) is 4.39 Å². The van der Waals surface area contributed by atoms with Crippen molar-refractivity contribution in [1.29, 1.82) is 0 Å². The molecule has 0 aliphatic carbocycles. The maximum atomic E-state index is 14.0. The molecule has 4 N–H and O–H groups in total. The minimum absolute atomic E-state index is 0.352. The van der Waals surface area contributed by atoms with Gasteiger partial charge in [0.1, 0.15) is 0 Å². The van der Waals surface area contributed by atoms with E-state index in [2.05, 4.69) is 4.98 Å². The van der Waals surface area contributed by atoms with Crippen LogP contribution in [-0.4, -0.2) is 11.0 Å². The van der Waals surface area contributed by atoms with Gasteiger partial charge in [-0.2, -0.15) is 0 Å². The van der Waals surface area contributed by atoms with Gasteiger partial charge in [0, 0.05) is 29.7 Å². The molecule has 1 aromatic rings. The number of rotatable bonds is 2. The molecule has 1 rings (SSSR count). The molecule has 0 amide bonds. The highest BCUT2D eigenvalue weighted by molar-refractivity contribution is 5.48. The van der Waals surface area contributed by atoms with Gasteiger partial charge in [-0.1, -0.05) is 0 Å². The Kier molecular flexibility index (Phi) is 2.52. The van der Waals surface area contributed by atoms with Crippen molar-refractivity contribution < 1.29 is 4.39 Å². The molecule has 0 saturated carbocycles. The van der Waals surface area contributed by atoms with E-state index in [-0.39, 0.29) is 0 Å². The van der Waals surface area contributed by atoms with E-state index < -0.39 is 11.7 Å². The number of hydrogen-bond donors (Lipinski definition) is 2. The predicted octanol–water partition coefficient (Wildman–Crippen LogP) is 1.20. The zero-order chi connectivity index (χ0) is 10.1. The fourth-order valence-corrected chi connectivity index (χ4v) is 1.06. The SMILES string of the molecule is CC(N)C(C)(F)c1cnccc1N. The molecular weight excluding hydrogens is 169 g/mol. The summed E-state index contributed by atoms with van der Waals surface area (Å²) < 4.78 is 14.0. The van der Waals surface area contributed by atoms with Crippen molar-refractivity contribution in [2.75, 3.05) is 5.73 Å². The third-order valence-corrected chi connectivity index (χ3v) is 2.24. The molecule has 0 spiro atoms. The number of hydrogen-bond acceptors (Lipinski definition) is 3.